The van der Waals surface area contributed by atoms with Gasteiger partial charge in [0.1, 0.15) is 0 Å². The van der Waals surface area contributed by atoms with E-state index in [9.17, 15) is 9.59 Å². The van der Waals surface area contributed by atoms with Gasteiger partial charge in [0, 0.05) is 18.4 Å². The first-order chi connectivity index (χ1) is 9.04. The van der Waals surface area contributed by atoms with E-state index < -0.39 is 0 Å². The molecule has 0 radical (unpaired) electrons. The molecule has 2 aromatic heterocycles. The Morgan fingerprint density at radius 1 is 1.47 bits per heavy atom. The van der Waals surface area contributed by atoms with Gasteiger partial charge in [-0.25, -0.2) is 10.6 Å². The van der Waals surface area contributed by atoms with Crippen LogP contribution in [0.15, 0.2) is 28.6 Å². The number of amides is 1. The molecule has 0 aliphatic carbocycles. The summed E-state index contributed by atoms with van der Waals surface area (Å²) in [5.41, 5.74) is 2.82. The molecule has 2 aromatic rings. The van der Waals surface area contributed by atoms with E-state index in [0.717, 1.165) is 5.56 Å². The van der Waals surface area contributed by atoms with Crippen molar-refractivity contribution >= 4 is 17.2 Å². The molecule has 2 rings (SSSR count). The van der Waals surface area contributed by atoms with Gasteiger partial charge in [0.05, 0.1) is 11.4 Å². The van der Waals surface area contributed by atoms with Crippen molar-refractivity contribution in [3.8, 4) is 0 Å². The standard InChI is InChI=1S/C12H16N4O2S/c1-8(2)16-5-4-15(12(16)18)7-9-3-6-19-10(9)11(17)14-13/h3-6,8H,7,13H2,1-2H3,(H,14,17). The first-order valence-electron chi connectivity index (χ1n) is 5.89. The second-order valence-corrected chi connectivity index (χ2v) is 5.37. The van der Waals surface area contributed by atoms with Gasteiger partial charge in [0.15, 0.2) is 0 Å². The van der Waals surface area contributed by atoms with Crippen LogP contribution in [0.2, 0.25) is 0 Å². The van der Waals surface area contributed by atoms with E-state index in [1.807, 2.05) is 25.3 Å². The third-order valence-electron chi connectivity index (χ3n) is 2.85. The van der Waals surface area contributed by atoms with Crippen molar-refractivity contribution in [2.75, 3.05) is 0 Å². The van der Waals surface area contributed by atoms with Crippen LogP contribution in [-0.4, -0.2) is 15.0 Å². The van der Waals surface area contributed by atoms with Gasteiger partial charge in [-0.15, -0.1) is 11.3 Å². The van der Waals surface area contributed by atoms with Crippen molar-refractivity contribution in [3.05, 3.63) is 44.8 Å². The van der Waals surface area contributed by atoms with Crippen LogP contribution >= 0.6 is 11.3 Å². The monoisotopic (exact) mass is 280 g/mol. The molecule has 6 nitrogen and oxygen atoms in total. The molecule has 0 saturated heterocycles. The number of aromatic nitrogens is 2. The van der Waals surface area contributed by atoms with Crippen molar-refractivity contribution < 1.29 is 4.79 Å². The summed E-state index contributed by atoms with van der Waals surface area (Å²) < 4.78 is 3.23. The molecule has 7 heteroatoms. The van der Waals surface area contributed by atoms with E-state index in [-0.39, 0.29) is 17.6 Å². The lowest BCUT2D eigenvalue weighted by atomic mass is 10.2. The number of nitrogens with zero attached hydrogens (tertiary/aromatic N) is 2. The maximum absolute atomic E-state index is 12.1. The fourth-order valence-electron chi connectivity index (χ4n) is 1.85. The number of nitrogens with two attached hydrogens (primary N) is 1. The maximum atomic E-state index is 12.1. The summed E-state index contributed by atoms with van der Waals surface area (Å²) >= 11 is 1.31. The van der Waals surface area contributed by atoms with Crippen LogP contribution in [0.3, 0.4) is 0 Å². The number of hydrogen-bond donors (Lipinski definition) is 2. The fourth-order valence-corrected chi connectivity index (χ4v) is 2.67. The lowest BCUT2D eigenvalue weighted by Crippen LogP contribution is -2.30. The highest BCUT2D eigenvalue weighted by Gasteiger charge is 2.14. The van der Waals surface area contributed by atoms with E-state index in [1.54, 1.807) is 21.5 Å². The van der Waals surface area contributed by atoms with Gasteiger partial charge in [-0.05, 0) is 30.9 Å². The molecule has 0 aliphatic rings. The molecule has 0 saturated carbocycles. The lowest BCUT2D eigenvalue weighted by molar-refractivity contribution is 0.0956. The van der Waals surface area contributed by atoms with Crippen LogP contribution in [0.25, 0.3) is 0 Å². The van der Waals surface area contributed by atoms with Gasteiger partial charge >= 0.3 is 5.69 Å². The molecule has 0 bridgehead atoms. The van der Waals surface area contributed by atoms with Crippen molar-refractivity contribution in [3.63, 3.8) is 0 Å². The maximum Gasteiger partial charge on any atom is 0.328 e. The number of carbonyl (C=O) groups excluding carboxylic acids is 1. The number of nitrogen functional groups attached to an aromatic ring is 1. The summed E-state index contributed by atoms with van der Waals surface area (Å²) in [4.78, 5) is 24.2. The first-order valence-corrected chi connectivity index (χ1v) is 6.77. The molecular weight excluding hydrogens is 264 g/mol. The molecule has 0 unspecified atom stereocenters. The van der Waals surface area contributed by atoms with Crippen LogP contribution in [0.5, 0.6) is 0 Å². The van der Waals surface area contributed by atoms with Crippen molar-refractivity contribution in [2.45, 2.75) is 26.4 Å². The highest BCUT2D eigenvalue weighted by atomic mass is 32.1. The number of thiophene rings is 1. The number of hydrazine groups is 1. The van der Waals surface area contributed by atoms with Crippen LogP contribution in [0, 0.1) is 0 Å². The Morgan fingerprint density at radius 3 is 2.79 bits per heavy atom. The number of carbonyl (C=O) groups is 1. The number of imidazole rings is 1. The van der Waals surface area contributed by atoms with E-state index in [2.05, 4.69) is 5.43 Å². The Kier molecular flexibility index (Phi) is 3.87. The molecule has 1 amide bonds. The zero-order chi connectivity index (χ0) is 14.0. The van der Waals surface area contributed by atoms with Crippen LogP contribution in [0.4, 0.5) is 0 Å². The van der Waals surface area contributed by atoms with Gasteiger partial charge in [-0.2, -0.15) is 0 Å². The zero-order valence-corrected chi connectivity index (χ0v) is 11.6. The van der Waals surface area contributed by atoms with Gasteiger partial charge in [-0.3, -0.25) is 19.4 Å². The zero-order valence-electron chi connectivity index (χ0n) is 10.8. The van der Waals surface area contributed by atoms with E-state index in [4.69, 9.17) is 5.84 Å². The van der Waals surface area contributed by atoms with Crippen LogP contribution in [-0.2, 0) is 6.54 Å². The Bertz CT molecular complexity index is 638. The average molecular weight is 280 g/mol. The van der Waals surface area contributed by atoms with Gasteiger partial charge < -0.3 is 0 Å². The minimum Gasteiger partial charge on any atom is -0.297 e. The molecule has 0 fully saturated rings. The van der Waals surface area contributed by atoms with Crippen molar-refractivity contribution in [2.24, 2.45) is 5.84 Å². The molecular formula is C12H16N4O2S. The summed E-state index contributed by atoms with van der Waals surface area (Å²) in [5.74, 6) is 4.80. The SMILES string of the molecule is CC(C)n1ccn(Cc2ccsc2C(=O)NN)c1=O. The Hall–Kier alpha value is -1.86. The molecule has 0 aliphatic heterocycles. The summed E-state index contributed by atoms with van der Waals surface area (Å²) in [6, 6.07) is 1.94. The van der Waals surface area contributed by atoms with Crippen LogP contribution in [0.1, 0.15) is 35.1 Å². The largest absolute Gasteiger partial charge is 0.328 e. The second kappa shape index (κ2) is 5.41. The van der Waals surface area contributed by atoms with Gasteiger partial charge in [0.25, 0.3) is 5.91 Å². The number of hydrogen-bond acceptors (Lipinski definition) is 4. The third kappa shape index (κ3) is 2.61. The molecule has 102 valence electrons. The van der Waals surface area contributed by atoms with E-state index >= 15 is 0 Å². The number of rotatable bonds is 4. The van der Waals surface area contributed by atoms with E-state index in [1.165, 1.54) is 11.3 Å². The molecule has 0 spiro atoms. The summed E-state index contributed by atoms with van der Waals surface area (Å²) in [6.07, 6.45) is 3.48. The van der Waals surface area contributed by atoms with Gasteiger partial charge in [-0.1, -0.05) is 0 Å². The highest BCUT2D eigenvalue weighted by molar-refractivity contribution is 7.12. The third-order valence-corrected chi connectivity index (χ3v) is 3.81. The molecule has 2 heterocycles. The Morgan fingerprint density at radius 2 is 2.21 bits per heavy atom. The van der Waals surface area contributed by atoms with Crippen LogP contribution < -0.4 is 17.0 Å². The predicted molar refractivity (Wildman–Crippen MR) is 74.2 cm³/mol. The topological polar surface area (TPSA) is 82.1 Å². The average Bonchev–Trinajstić information content (AvgIpc) is 2.97. The van der Waals surface area contributed by atoms with E-state index in [0.29, 0.717) is 11.4 Å². The molecule has 3 N–H and O–H groups in total. The first kappa shape index (κ1) is 13.6. The Balaban J connectivity index is 2.30. The lowest BCUT2D eigenvalue weighted by Gasteiger charge is -2.05. The molecule has 0 atom stereocenters. The highest BCUT2D eigenvalue weighted by Crippen LogP contribution is 2.17. The fraction of sp³-hybridized carbons (Fsp3) is 0.333. The smallest absolute Gasteiger partial charge is 0.297 e. The second-order valence-electron chi connectivity index (χ2n) is 4.46. The number of nitrogens with one attached hydrogen (secondary N) is 1. The minimum absolute atomic E-state index is 0.0830. The Labute approximate surface area is 114 Å². The van der Waals surface area contributed by atoms with Gasteiger partial charge in [0.2, 0.25) is 0 Å². The summed E-state index contributed by atoms with van der Waals surface area (Å²) in [6.45, 7) is 4.26. The quantitative estimate of drug-likeness (QED) is 0.497. The predicted octanol–water partition coefficient (Wildman–Crippen LogP) is 0.944. The summed E-state index contributed by atoms with van der Waals surface area (Å²) in [5, 5.41) is 1.81. The molecule has 19 heavy (non-hydrogen) atoms. The van der Waals surface area contributed by atoms with Crippen molar-refractivity contribution in [1.29, 1.82) is 0 Å². The molecule has 0 aromatic carbocycles. The minimum atomic E-state index is -0.332. The normalized spacial score (nSPS) is 10.9. The van der Waals surface area contributed by atoms with Crippen molar-refractivity contribution in [1.82, 2.24) is 14.6 Å². The summed E-state index contributed by atoms with van der Waals surface area (Å²) in [7, 11) is 0.